The number of para-hydroxylation sites is 1. The van der Waals surface area contributed by atoms with Crippen molar-refractivity contribution in [2.75, 3.05) is 0 Å². The van der Waals surface area contributed by atoms with Gasteiger partial charge in [-0.25, -0.2) is 0 Å². The van der Waals surface area contributed by atoms with Gasteiger partial charge in [-0.1, -0.05) is 30.3 Å². The molecule has 28 heavy (non-hydrogen) atoms. The van der Waals surface area contributed by atoms with Crippen LogP contribution in [-0.4, -0.2) is 24.4 Å². The molecular weight excluding hydrogens is 358 g/mol. The van der Waals surface area contributed by atoms with Gasteiger partial charge < -0.3 is 4.74 Å². The third kappa shape index (κ3) is 4.95. The maximum atomic E-state index is 13.0. The smallest absolute Gasteiger partial charge is 0.186 e. The molecule has 0 bridgehead atoms. The van der Waals surface area contributed by atoms with Crippen LogP contribution in [0.2, 0.25) is 0 Å². The van der Waals surface area contributed by atoms with Gasteiger partial charge >= 0.3 is 0 Å². The number of benzene rings is 3. The van der Waals surface area contributed by atoms with E-state index in [4.69, 9.17) is 4.74 Å². The number of hydrogen-bond donors (Lipinski definition) is 0. The fourth-order valence-electron chi connectivity index (χ4n) is 3.28. The van der Waals surface area contributed by atoms with Crippen LogP contribution in [0.4, 0.5) is 0 Å². The molecule has 0 heterocycles. The minimum absolute atomic E-state index is 0. The molecule has 0 saturated carbocycles. The summed E-state index contributed by atoms with van der Waals surface area (Å²) < 4.78 is 5.89. The Hall–Kier alpha value is -1.84. The van der Waals surface area contributed by atoms with Crippen molar-refractivity contribution in [1.82, 2.24) is 0 Å². The van der Waals surface area contributed by atoms with E-state index in [9.17, 15) is 4.79 Å². The second kappa shape index (κ2) is 9.57. The molecule has 0 aliphatic carbocycles. The summed E-state index contributed by atoms with van der Waals surface area (Å²) in [7, 11) is 0.110. The van der Waals surface area contributed by atoms with Crippen molar-refractivity contribution >= 4 is 38.3 Å². The first-order chi connectivity index (χ1) is 12.9. The zero-order valence-electron chi connectivity index (χ0n) is 17.5. The minimum Gasteiger partial charge on any atom is -0.457 e. The molecule has 2 nitrogen and oxygen atoms in total. The minimum atomic E-state index is 0. The first-order valence-electron chi connectivity index (χ1n) is 9.09. The Labute approximate surface area is 181 Å². The number of rotatable bonds is 5. The summed E-state index contributed by atoms with van der Waals surface area (Å²) >= 11 is 0. The third-order valence-corrected chi connectivity index (χ3v) is 6.32. The molecule has 0 aromatic heterocycles. The van der Waals surface area contributed by atoms with E-state index in [0.717, 1.165) is 39.1 Å². The topological polar surface area (TPSA) is 26.3 Å². The molecule has 0 aliphatic rings. The van der Waals surface area contributed by atoms with E-state index in [0.29, 0.717) is 0 Å². The molecular formula is C24H25LiO2P. The van der Waals surface area contributed by atoms with E-state index < -0.39 is 0 Å². The van der Waals surface area contributed by atoms with Crippen molar-refractivity contribution in [2.45, 2.75) is 34.6 Å². The average Bonchev–Trinajstić information content (AvgIpc) is 2.63. The Bertz CT molecular complexity index is 997. The first kappa shape index (κ1) is 22.4. The van der Waals surface area contributed by atoms with Crippen molar-refractivity contribution in [3.05, 3.63) is 88.0 Å². The van der Waals surface area contributed by atoms with Crippen LogP contribution < -0.4 is 10.0 Å². The summed E-state index contributed by atoms with van der Waals surface area (Å²) in [6.07, 6.45) is 0. The molecule has 4 heteroatoms. The normalized spacial score (nSPS) is 10.8. The second-order valence-corrected chi connectivity index (χ2v) is 8.22. The van der Waals surface area contributed by atoms with Crippen LogP contribution in [0.15, 0.2) is 54.6 Å². The van der Waals surface area contributed by atoms with Crippen molar-refractivity contribution in [1.29, 1.82) is 0 Å². The number of ether oxygens (including phenoxy) is 1. The van der Waals surface area contributed by atoms with E-state index in [1.807, 2.05) is 62.4 Å². The largest absolute Gasteiger partial charge is 0.457 e. The molecule has 0 saturated heterocycles. The van der Waals surface area contributed by atoms with Crippen LogP contribution in [0.1, 0.15) is 38.2 Å². The number of aryl methyl sites for hydroxylation is 3. The van der Waals surface area contributed by atoms with Crippen LogP contribution in [0.3, 0.4) is 0 Å². The maximum absolute atomic E-state index is 13.0. The summed E-state index contributed by atoms with van der Waals surface area (Å²) in [5.74, 6) is 1.60. The monoisotopic (exact) mass is 383 g/mol. The maximum Gasteiger partial charge on any atom is 0.186 e. The Morgan fingerprint density at radius 2 is 1.43 bits per heavy atom. The summed E-state index contributed by atoms with van der Waals surface area (Å²) in [5, 5.41) is 1.07. The van der Waals surface area contributed by atoms with Gasteiger partial charge in [0, 0.05) is 24.4 Å². The van der Waals surface area contributed by atoms with Gasteiger partial charge in [0.1, 0.15) is 11.5 Å². The quantitative estimate of drug-likeness (QED) is 0.412. The van der Waals surface area contributed by atoms with Crippen LogP contribution in [0.5, 0.6) is 11.5 Å². The molecule has 0 aliphatic heterocycles. The van der Waals surface area contributed by atoms with Gasteiger partial charge in [0.15, 0.2) is 5.52 Å². The van der Waals surface area contributed by atoms with Gasteiger partial charge in [-0.2, -0.15) is 0 Å². The third-order valence-electron chi connectivity index (χ3n) is 5.01. The van der Waals surface area contributed by atoms with Crippen LogP contribution >= 0.6 is 8.58 Å². The molecule has 3 rings (SSSR count). The van der Waals surface area contributed by atoms with E-state index in [2.05, 4.69) is 26.8 Å². The summed E-state index contributed by atoms with van der Waals surface area (Å²) in [4.78, 5) is 13.0. The molecule has 139 valence electrons. The second-order valence-electron chi connectivity index (χ2n) is 6.98. The summed E-state index contributed by atoms with van der Waals surface area (Å²) in [6.45, 7) is 10.3. The fourth-order valence-corrected chi connectivity index (χ4v) is 4.47. The Balaban J connectivity index is 0.00000280. The predicted octanol–water partition coefficient (Wildman–Crippen LogP) is 5.78. The van der Waals surface area contributed by atoms with Gasteiger partial charge in [-0.3, -0.25) is 4.79 Å². The molecule has 0 amide bonds. The van der Waals surface area contributed by atoms with Gasteiger partial charge in [0.05, 0.1) is 0 Å². The van der Waals surface area contributed by atoms with Crippen molar-refractivity contribution < 1.29 is 9.53 Å². The van der Waals surface area contributed by atoms with E-state index in [-0.39, 0.29) is 33.0 Å². The van der Waals surface area contributed by atoms with Crippen LogP contribution in [0, 0.1) is 34.6 Å². The van der Waals surface area contributed by atoms with Crippen LogP contribution in [-0.2, 0) is 0 Å². The molecule has 3 aromatic rings. The zero-order valence-corrected chi connectivity index (χ0v) is 18.5. The van der Waals surface area contributed by atoms with Gasteiger partial charge in [-0.15, -0.1) is 0 Å². The van der Waals surface area contributed by atoms with Gasteiger partial charge in [0.2, 0.25) is 0 Å². The number of carbonyl (C=O) groups excluding carboxylic acids is 1. The first-order valence-corrected chi connectivity index (χ1v) is 10.1. The Kier molecular flexibility index (Phi) is 7.68. The van der Waals surface area contributed by atoms with Gasteiger partial charge in [-0.05, 0) is 101 Å². The fraction of sp³-hybridized carbons (Fsp3) is 0.208. The van der Waals surface area contributed by atoms with E-state index >= 15 is 0 Å². The number of hydrogen-bond acceptors (Lipinski definition) is 2. The summed E-state index contributed by atoms with van der Waals surface area (Å²) in [5.41, 5.74) is 6.77. The Morgan fingerprint density at radius 1 is 0.750 bits per heavy atom. The number of carbonyl (C=O) groups is 1. The molecule has 0 N–H and O–H groups in total. The standard InChI is InChI=1S/C24H25O2P.Li/c1-15-13-17(3)23(19(5)18(15)4)24(25)27-22-12-11-21(14-16(22)2)26-20-9-7-6-8-10-20;/h6-14,27H,1-5H3;. The van der Waals surface area contributed by atoms with Gasteiger partial charge in [0.25, 0.3) is 0 Å². The molecule has 0 spiro atoms. The van der Waals surface area contributed by atoms with E-state index in [1.165, 1.54) is 11.1 Å². The Morgan fingerprint density at radius 3 is 2.07 bits per heavy atom. The SMILES string of the molecule is Cc1cc(Oc2ccccc2)ccc1PC(=O)c1c(C)cc(C)c(C)c1C.[Li]. The molecule has 1 unspecified atom stereocenters. The van der Waals surface area contributed by atoms with Crippen molar-refractivity contribution in [2.24, 2.45) is 0 Å². The zero-order chi connectivity index (χ0) is 19.6. The van der Waals surface area contributed by atoms with E-state index in [1.54, 1.807) is 0 Å². The average molecular weight is 383 g/mol. The molecule has 1 atom stereocenters. The predicted molar refractivity (Wildman–Crippen MR) is 121 cm³/mol. The molecule has 0 fully saturated rings. The summed E-state index contributed by atoms with van der Waals surface area (Å²) in [6, 6.07) is 17.8. The molecule has 1 radical (unpaired) electrons. The van der Waals surface area contributed by atoms with Crippen molar-refractivity contribution in [3.8, 4) is 11.5 Å². The van der Waals surface area contributed by atoms with Crippen molar-refractivity contribution in [3.63, 3.8) is 0 Å². The van der Waals surface area contributed by atoms with Crippen LogP contribution in [0.25, 0.3) is 0 Å². The molecule has 3 aromatic carbocycles.